The average Bonchev–Trinajstić information content (AvgIpc) is 2.49. The second-order valence-electron chi connectivity index (χ2n) is 5.20. The maximum atomic E-state index is 11.9. The van der Waals surface area contributed by atoms with E-state index in [1.807, 2.05) is 25.1 Å². The first-order chi connectivity index (χ1) is 11.2. The standard InChI is InChI=1S/C15H20F3N3O3/c1-10-5-3-4-6-12(10)24-8-11(2)21-14(23)19-7-13(22)20-9-15(16,17)18/h3-6,11H,7-9H2,1-2H3,(H,20,22)(H2,19,21,23)/t11-/m1/s1. The fraction of sp³-hybridized carbons (Fsp3) is 0.467. The minimum absolute atomic E-state index is 0.207. The monoisotopic (exact) mass is 347 g/mol. The van der Waals surface area contributed by atoms with E-state index in [1.54, 1.807) is 18.3 Å². The van der Waals surface area contributed by atoms with E-state index in [9.17, 15) is 22.8 Å². The third-order valence-corrected chi connectivity index (χ3v) is 2.86. The number of hydrogen-bond donors (Lipinski definition) is 3. The number of carbonyl (C=O) groups excluding carboxylic acids is 2. The number of nitrogens with one attached hydrogen (secondary N) is 3. The molecular weight excluding hydrogens is 327 g/mol. The summed E-state index contributed by atoms with van der Waals surface area (Å²) in [6, 6.07) is 6.36. The second-order valence-corrected chi connectivity index (χ2v) is 5.20. The Kier molecular flexibility index (Phi) is 7.34. The normalized spacial score (nSPS) is 12.2. The lowest BCUT2D eigenvalue weighted by molar-refractivity contribution is -0.137. The molecular formula is C15H20F3N3O3. The van der Waals surface area contributed by atoms with Gasteiger partial charge in [-0.2, -0.15) is 13.2 Å². The molecule has 0 radical (unpaired) electrons. The molecule has 3 N–H and O–H groups in total. The second kappa shape index (κ2) is 8.99. The minimum Gasteiger partial charge on any atom is -0.491 e. The Bertz CT molecular complexity index is 564. The summed E-state index contributed by atoms with van der Waals surface area (Å²) in [4.78, 5) is 22.7. The molecule has 9 heteroatoms. The Morgan fingerprint density at radius 1 is 1.21 bits per heavy atom. The molecule has 3 amide bonds. The molecule has 1 aromatic carbocycles. The van der Waals surface area contributed by atoms with Crippen molar-refractivity contribution < 1.29 is 27.5 Å². The zero-order valence-corrected chi connectivity index (χ0v) is 13.4. The summed E-state index contributed by atoms with van der Waals surface area (Å²) in [6.45, 7) is 1.81. The number of carbonyl (C=O) groups is 2. The topological polar surface area (TPSA) is 79.5 Å². The molecule has 24 heavy (non-hydrogen) atoms. The van der Waals surface area contributed by atoms with E-state index in [4.69, 9.17) is 4.74 Å². The smallest absolute Gasteiger partial charge is 0.405 e. The van der Waals surface area contributed by atoms with Gasteiger partial charge in [0.1, 0.15) is 18.9 Å². The van der Waals surface area contributed by atoms with Crippen LogP contribution in [-0.4, -0.2) is 43.9 Å². The minimum atomic E-state index is -4.49. The molecule has 0 heterocycles. The maximum absolute atomic E-state index is 11.9. The first-order valence-corrected chi connectivity index (χ1v) is 7.23. The van der Waals surface area contributed by atoms with Crippen molar-refractivity contribution in [1.82, 2.24) is 16.0 Å². The summed E-state index contributed by atoms with van der Waals surface area (Å²) in [5.41, 5.74) is 0.954. The van der Waals surface area contributed by atoms with E-state index in [0.29, 0.717) is 5.75 Å². The lowest BCUT2D eigenvalue weighted by atomic mass is 10.2. The zero-order chi connectivity index (χ0) is 18.2. The summed E-state index contributed by atoms with van der Waals surface area (Å²) in [5, 5.41) is 6.35. The lowest BCUT2D eigenvalue weighted by Crippen LogP contribution is -2.47. The highest BCUT2D eigenvalue weighted by Crippen LogP contribution is 2.16. The van der Waals surface area contributed by atoms with Gasteiger partial charge in [0.25, 0.3) is 0 Å². The first kappa shape index (κ1) is 19.6. The van der Waals surface area contributed by atoms with Crippen molar-refractivity contribution in [3.63, 3.8) is 0 Å². The van der Waals surface area contributed by atoms with Gasteiger partial charge in [0.2, 0.25) is 5.91 Å². The molecule has 0 unspecified atom stereocenters. The predicted molar refractivity (Wildman–Crippen MR) is 81.7 cm³/mol. The predicted octanol–water partition coefficient (Wildman–Crippen LogP) is 1.74. The van der Waals surface area contributed by atoms with E-state index >= 15 is 0 Å². The summed E-state index contributed by atoms with van der Waals surface area (Å²) < 4.78 is 41.3. The SMILES string of the molecule is Cc1ccccc1OC[C@@H](C)NC(=O)NCC(=O)NCC(F)(F)F. The van der Waals surface area contributed by atoms with Crippen molar-refractivity contribution in [1.29, 1.82) is 0 Å². The Hall–Kier alpha value is -2.45. The fourth-order valence-electron chi connectivity index (χ4n) is 1.67. The summed E-state index contributed by atoms with van der Waals surface area (Å²) in [5.74, 6) is -0.232. The molecule has 0 aliphatic heterocycles. The Labute approximate surface area is 137 Å². The van der Waals surface area contributed by atoms with Gasteiger partial charge in [0.05, 0.1) is 12.6 Å². The van der Waals surface area contributed by atoms with Crippen LogP contribution in [0.4, 0.5) is 18.0 Å². The van der Waals surface area contributed by atoms with Crippen LogP contribution in [0.2, 0.25) is 0 Å². The van der Waals surface area contributed by atoms with Crippen LogP contribution in [0.5, 0.6) is 5.75 Å². The van der Waals surface area contributed by atoms with Crippen LogP contribution in [0.3, 0.4) is 0 Å². The molecule has 0 aliphatic rings. The molecule has 6 nitrogen and oxygen atoms in total. The van der Waals surface area contributed by atoms with Crippen LogP contribution < -0.4 is 20.7 Å². The fourth-order valence-corrected chi connectivity index (χ4v) is 1.67. The number of para-hydroxylation sites is 1. The number of urea groups is 1. The third kappa shape index (κ3) is 8.25. The number of ether oxygens (including phenoxy) is 1. The highest BCUT2D eigenvalue weighted by atomic mass is 19.4. The zero-order valence-electron chi connectivity index (χ0n) is 13.4. The average molecular weight is 347 g/mol. The number of aryl methyl sites for hydroxylation is 1. The Morgan fingerprint density at radius 2 is 1.88 bits per heavy atom. The number of halogens is 3. The van der Waals surface area contributed by atoms with Crippen molar-refractivity contribution in [3.8, 4) is 5.75 Å². The Balaban J connectivity index is 2.24. The lowest BCUT2D eigenvalue weighted by Gasteiger charge is -2.16. The van der Waals surface area contributed by atoms with E-state index in [2.05, 4.69) is 10.6 Å². The number of alkyl halides is 3. The van der Waals surface area contributed by atoms with Gasteiger partial charge in [-0.05, 0) is 25.5 Å². The number of amides is 3. The van der Waals surface area contributed by atoms with E-state index in [0.717, 1.165) is 5.56 Å². The van der Waals surface area contributed by atoms with Crippen LogP contribution >= 0.6 is 0 Å². The molecule has 0 fully saturated rings. The van der Waals surface area contributed by atoms with Crippen LogP contribution in [0, 0.1) is 6.92 Å². The first-order valence-electron chi connectivity index (χ1n) is 7.23. The molecule has 0 spiro atoms. The summed E-state index contributed by atoms with van der Waals surface area (Å²) in [7, 11) is 0. The molecule has 0 saturated heterocycles. The van der Waals surface area contributed by atoms with Crippen molar-refractivity contribution in [2.24, 2.45) is 0 Å². The van der Waals surface area contributed by atoms with Gasteiger partial charge in [0, 0.05) is 0 Å². The number of benzene rings is 1. The van der Waals surface area contributed by atoms with Gasteiger partial charge in [-0.25, -0.2) is 4.79 Å². The molecule has 1 rings (SSSR count). The van der Waals surface area contributed by atoms with Crippen LogP contribution in [0.1, 0.15) is 12.5 Å². The molecule has 0 aromatic heterocycles. The van der Waals surface area contributed by atoms with Gasteiger partial charge in [-0.15, -0.1) is 0 Å². The highest BCUT2D eigenvalue weighted by Gasteiger charge is 2.27. The van der Waals surface area contributed by atoms with Gasteiger partial charge in [-0.1, -0.05) is 18.2 Å². The Morgan fingerprint density at radius 3 is 2.50 bits per heavy atom. The summed E-state index contributed by atoms with van der Waals surface area (Å²) >= 11 is 0. The molecule has 0 bridgehead atoms. The van der Waals surface area contributed by atoms with Crippen molar-refractivity contribution in [2.45, 2.75) is 26.1 Å². The van der Waals surface area contributed by atoms with Gasteiger partial charge < -0.3 is 20.7 Å². The van der Waals surface area contributed by atoms with E-state index < -0.39 is 31.2 Å². The number of hydrogen-bond acceptors (Lipinski definition) is 3. The van der Waals surface area contributed by atoms with Crippen LogP contribution in [0.15, 0.2) is 24.3 Å². The number of rotatable bonds is 7. The molecule has 0 aliphatic carbocycles. The van der Waals surface area contributed by atoms with Gasteiger partial charge in [0.15, 0.2) is 0 Å². The van der Waals surface area contributed by atoms with Crippen molar-refractivity contribution >= 4 is 11.9 Å². The van der Waals surface area contributed by atoms with Crippen LogP contribution in [-0.2, 0) is 4.79 Å². The highest BCUT2D eigenvalue weighted by molar-refractivity contribution is 5.83. The van der Waals surface area contributed by atoms with E-state index in [-0.39, 0.29) is 12.6 Å². The van der Waals surface area contributed by atoms with Gasteiger partial charge in [-0.3, -0.25) is 4.79 Å². The quantitative estimate of drug-likeness (QED) is 0.703. The molecule has 1 atom stereocenters. The van der Waals surface area contributed by atoms with E-state index in [1.165, 1.54) is 0 Å². The van der Waals surface area contributed by atoms with Crippen molar-refractivity contribution in [3.05, 3.63) is 29.8 Å². The summed E-state index contributed by atoms with van der Waals surface area (Å²) in [6.07, 6.45) is -4.49. The third-order valence-electron chi connectivity index (χ3n) is 2.86. The maximum Gasteiger partial charge on any atom is 0.405 e. The molecule has 1 aromatic rings. The molecule has 0 saturated carbocycles. The van der Waals surface area contributed by atoms with Crippen molar-refractivity contribution in [2.75, 3.05) is 19.7 Å². The molecule has 134 valence electrons. The van der Waals surface area contributed by atoms with Gasteiger partial charge >= 0.3 is 12.2 Å². The largest absolute Gasteiger partial charge is 0.491 e. The van der Waals surface area contributed by atoms with Crippen LogP contribution in [0.25, 0.3) is 0 Å².